The highest BCUT2D eigenvalue weighted by molar-refractivity contribution is 7.99. The summed E-state index contributed by atoms with van der Waals surface area (Å²) in [6.07, 6.45) is 3.66. The van der Waals surface area contributed by atoms with Gasteiger partial charge in [-0.15, -0.1) is 0 Å². The Labute approximate surface area is 168 Å². The average Bonchev–Trinajstić information content (AvgIpc) is 2.68. The Morgan fingerprint density at radius 2 is 1.81 bits per heavy atom. The first kappa shape index (κ1) is 19.3. The summed E-state index contributed by atoms with van der Waals surface area (Å²) in [5, 5.41) is 4.62. The Hall–Kier alpha value is -2.44. The molecule has 3 aromatic rings. The first-order valence-electron chi connectivity index (χ1n) is 8.69. The van der Waals surface area contributed by atoms with Crippen LogP contribution in [0.4, 0.5) is 17.2 Å². The third kappa shape index (κ3) is 5.52. The van der Waals surface area contributed by atoms with E-state index in [2.05, 4.69) is 22.2 Å². The molecule has 3 N–H and O–H groups in total. The van der Waals surface area contributed by atoms with Crippen molar-refractivity contribution in [3.63, 3.8) is 0 Å². The SMILES string of the molecule is CCCCOc1ccc(Nc2ncnc(Sc3ccc(Cl)cc3)c2N)cc1. The molecule has 7 heteroatoms. The molecule has 0 bridgehead atoms. The number of ether oxygens (including phenoxy) is 1. The Balaban J connectivity index is 1.69. The smallest absolute Gasteiger partial charge is 0.158 e. The summed E-state index contributed by atoms with van der Waals surface area (Å²) in [5.41, 5.74) is 7.64. The number of anilines is 3. The number of nitrogens with two attached hydrogens (primary N) is 1. The third-order valence-electron chi connectivity index (χ3n) is 3.76. The Morgan fingerprint density at radius 1 is 1.07 bits per heavy atom. The second kappa shape index (κ2) is 9.48. The molecule has 0 fully saturated rings. The molecule has 140 valence electrons. The first-order valence-corrected chi connectivity index (χ1v) is 9.89. The molecule has 0 aliphatic heterocycles. The molecular weight excluding hydrogens is 380 g/mol. The molecule has 0 amide bonds. The van der Waals surface area contributed by atoms with Gasteiger partial charge in [0.15, 0.2) is 5.82 Å². The topological polar surface area (TPSA) is 73.1 Å². The van der Waals surface area contributed by atoms with Crippen molar-refractivity contribution in [1.29, 1.82) is 0 Å². The molecule has 5 nitrogen and oxygen atoms in total. The van der Waals surface area contributed by atoms with Gasteiger partial charge in [0.1, 0.15) is 22.8 Å². The standard InChI is InChI=1S/C20H21ClN4OS/c1-2-3-12-26-16-8-6-15(7-9-16)25-19-18(22)20(24-13-23-19)27-17-10-4-14(21)5-11-17/h4-11,13H,2-3,12,22H2,1H3,(H,23,24,25). The lowest BCUT2D eigenvalue weighted by Crippen LogP contribution is -2.02. The van der Waals surface area contributed by atoms with Gasteiger partial charge in [0.2, 0.25) is 0 Å². The van der Waals surface area contributed by atoms with Gasteiger partial charge in [-0.3, -0.25) is 0 Å². The van der Waals surface area contributed by atoms with E-state index >= 15 is 0 Å². The Morgan fingerprint density at radius 3 is 2.52 bits per heavy atom. The van der Waals surface area contributed by atoms with E-state index in [1.54, 1.807) is 0 Å². The van der Waals surface area contributed by atoms with Crippen molar-refractivity contribution in [2.75, 3.05) is 17.7 Å². The largest absolute Gasteiger partial charge is 0.494 e. The normalized spacial score (nSPS) is 10.6. The highest BCUT2D eigenvalue weighted by Crippen LogP contribution is 2.34. The number of benzene rings is 2. The molecule has 1 heterocycles. The maximum absolute atomic E-state index is 6.26. The van der Waals surface area contributed by atoms with E-state index in [4.69, 9.17) is 22.1 Å². The van der Waals surface area contributed by atoms with Crippen molar-refractivity contribution in [2.24, 2.45) is 0 Å². The number of hydrogen-bond donors (Lipinski definition) is 2. The van der Waals surface area contributed by atoms with Gasteiger partial charge in [-0.05, 0) is 55.0 Å². The molecule has 0 saturated heterocycles. The molecule has 2 aromatic carbocycles. The lowest BCUT2D eigenvalue weighted by Gasteiger charge is -2.12. The number of hydrogen-bond acceptors (Lipinski definition) is 6. The number of aromatic nitrogens is 2. The molecule has 0 unspecified atom stereocenters. The molecule has 0 spiro atoms. The van der Waals surface area contributed by atoms with Gasteiger partial charge in [0.05, 0.1) is 6.61 Å². The minimum Gasteiger partial charge on any atom is -0.494 e. The van der Waals surface area contributed by atoms with E-state index in [1.165, 1.54) is 18.1 Å². The highest BCUT2D eigenvalue weighted by Gasteiger charge is 2.10. The minimum atomic E-state index is 0.501. The fraction of sp³-hybridized carbons (Fsp3) is 0.200. The van der Waals surface area contributed by atoms with Gasteiger partial charge in [-0.2, -0.15) is 0 Å². The Kier molecular flexibility index (Phi) is 6.79. The van der Waals surface area contributed by atoms with Gasteiger partial charge in [-0.25, -0.2) is 9.97 Å². The zero-order valence-corrected chi connectivity index (χ0v) is 16.6. The van der Waals surface area contributed by atoms with Crippen molar-refractivity contribution in [2.45, 2.75) is 29.7 Å². The van der Waals surface area contributed by atoms with E-state index in [-0.39, 0.29) is 0 Å². The number of nitrogens with one attached hydrogen (secondary N) is 1. The predicted molar refractivity (Wildman–Crippen MR) is 112 cm³/mol. The summed E-state index contributed by atoms with van der Waals surface area (Å²) in [7, 11) is 0. The molecule has 27 heavy (non-hydrogen) atoms. The maximum atomic E-state index is 6.26. The molecule has 1 aromatic heterocycles. The number of unbranched alkanes of at least 4 members (excludes halogenated alkanes) is 1. The zero-order chi connectivity index (χ0) is 19.1. The zero-order valence-electron chi connectivity index (χ0n) is 15.0. The van der Waals surface area contributed by atoms with Crippen LogP contribution in [0.15, 0.2) is 64.8 Å². The molecule has 3 rings (SSSR count). The molecule has 0 atom stereocenters. The highest BCUT2D eigenvalue weighted by atomic mass is 35.5. The van der Waals surface area contributed by atoms with Gasteiger partial charge >= 0.3 is 0 Å². The molecule has 0 saturated carbocycles. The fourth-order valence-electron chi connectivity index (χ4n) is 2.28. The Bertz CT molecular complexity index is 872. The van der Waals surface area contributed by atoms with E-state index in [9.17, 15) is 0 Å². The number of halogens is 1. The molecule has 0 radical (unpaired) electrons. The summed E-state index contributed by atoms with van der Waals surface area (Å²) < 4.78 is 5.68. The van der Waals surface area contributed by atoms with Crippen molar-refractivity contribution >= 4 is 40.6 Å². The van der Waals surface area contributed by atoms with Crippen LogP contribution in [0.25, 0.3) is 0 Å². The monoisotopic (exact) mass is 400 g/mol. The van der Waals surface area contributed by atoms with Crippen LogP contribution in [-0.4, -0.2) is 16.6 Å². The van der Waals surface area contributed by atoms with Crippen molar-refractivity contribution in [3.05, 3.63) is 59.9 Å². The minimum absolute atomic E-state index is 0.501. The molecule has 0 aliphatic rings. The van der Waals surface area contributed by atoms with Crippen molar-refractivity contribution in [3.8, 4) is 5.75 Å². The maximum Gasteiger partial charge on any atom is 0.158 e. The summed E-state index contributed by atoms with van der Waals surface area (Å²) in [4.78, 5) is 9.55. The van der Waals surface area contributed by atoms with Gasteiger partial charge in [0.25, 0.3) is 0 Å². The van der Waals surface area contributed by atoms with E-state index in [0.717, 1.165) is 35.8 Å². The molecular formula is C20H21ClN4OS. The van der Waals surface area contributed by atoms with Crippen LogP contribution in [0.3, 0.4) is 0 Å². The van der Waals surface area contributed by atoms with Crippen LogP contribution >= 0.6 is 23.4 Å². The first-order chi connectivity index (χ1) is 13.2. The van der Waals surface area contributed by atoms with Gasteiger partial charge in [-0.1, -0.05) is 36.7 Å². The summed E-state index contributed by atoms with van der Waals surface area (Å²) in [6.45, 7) is 2.87. The molecule has 0 aliphatic carbocycles. The average molecular weight is 401 g/mol. The van der Waals surface area contributed by atoms with E-state index < -0.39 is 0 Å². The van der Waals surface area contributed by atoms with E-state index in [1.807, 2.05) is 48.5 Å². The second-order valence-corrected chi connectivity index (χ2v) is 7.35. The van der Waals surface area contributed by atoms with Crippen molar-refractivity contribution < 1.29 is 4.74 Å². The van der Waals surface area contributed by atoms with Crippen LogP contribution < -0.4 is 15.8 Å². The van der Waals surface area contributed by atoms with Crippen LogP contribution in [0, 0.1) is 0 Å². The lowest BCUT2D eigenvalue weighted by molar-refractivity contribution is 0.309. The van der Waals surface area contributed by atoms with E-state index in [0.29, 0.717) is 21.6 Å². The van der Waals surface area contributed by atoms with Crippen molar-refractivity contribution in [1.82, 2.24) is 9.97 Å². The van der Waals surface area contributed by atoms with Gasteiger partial charge < -0.3 is 15.8 Å². The van der Waals surface area contributed by atoms with Crippen LogP contribution in [-0.2, 0) is 0 Å². The third-order valence-corrected chi connectivity index (χ3v) is 5.04. The van der Waals surface area contributed by atoms with Crippen LogP contribution in [0.5, 0.6) is 5.75 Å². The lowest BCUT2D eigenvalue weighted by atomic mass is 10.3. The van der Waals surface area contributed by atoms with Crippen LogP contribution in [0.2, 0.25) is 5.02 Å². The summed E-state index contributed by atoms with van der Waals surface area (Å²) >= 11 is 7.40. The van der Waals surface area contributed by atoms with Crippen LogP contribution in [0.1, 0.15) is 19.8 Å². The summed E-state index contributed by atoms with van der Waals surface area (Å²) in [5.74, 6) is 1.42. The summed E-state index contributed by atoms with van der Waals surface area (Å²) in [6, 6.07) is 15.3. The number of nitrogen functional groups attached to an aromatic ring is 1. The van der Waals surface area contributed by atoms with Gasteiger partial charge in [0, 0.05) is 15.6 Å². The quantitative estimate of drug-likeness (QED) is 0.368. The fourth-order valence-corrected chi connectivity index (χ4v) is 3.21. The predicted octanol–water partition coefficient (Wildman–Crippen LogP) is 5.79. The number of nitrogens with zero attached hydrogens (tertiary/aromatic N) is 2. The number of rotatable bonds is 8. The second-order valence-electron chi connectivity index (χ2n) is 5.85.